The Kier molecular flexibility index (Phi) is 1.78. The van der Waals surface area contributed by atoms with Crippen molar-refractivity contribution in [1.82, 2.24) is 13.7 Å². The summed E-state index contributed by atoms with van der Waals surface area (Å²) in [6.45, 7) is 1.94. The van der Waals surface area contributed by atoms with Gasteiger partial charge in [0.25, 0.3) is 0 Å². The molecule has 0 aromatic carbocycles. The molecule has 0 bridgehead atoms. The van der Waals surface area contributed by atoms with Crippen molar-refractivity contribution in [1.29, 1.82) is 0 Å². The lowest BCUT2D eigenvalue weighted by Gasteiger charge is -1.81. The summed E-state index contributed by atoms with van der Waals surface area (Å²) in [7, 11) is 0. The molecule has 6 heteroatoms. The van der Waals surface area contributed by atoms with Crippen LogP contribution in [0.2, 0.25) is 0 Å². The average molecular weight is 198 g/mol. The van der Waals surface area contributed by atoms with E-state index in [1.165, 1.54) is 23.1 Å². The van der Waals surface area contributed by atoms with Gasteiger partial charge < -0.3 is 5.73 Å². The van der Waals surface area contributed by atoms with Gasteiger partial charge in [-0.25, -0.2) is 0 Å². The van der Waals surface area contributed by atoms with Crippen LogP contribution in [0.25, 0.3) is 10.7 Å². The first-order valence-corrected chi connectivity index (χ1v) is 4.83. The Morgan fingerprint density at radius 1 is 1.33 bits per heavy atom. The fourth-order valence-corrected chi connectivity index (χ4v) is 2.00. The summed E-state index contributed by atoms with van der Waals surface area (Å²) in [4.78, 5) is 5.02. The van der Waals surface area contributed by atoms with Gasteiger partial charge in [-0.05, 0) is 24.5 Å². The smallest absolute Gasteiger partial charge is 0.200 e. The van der Waals surface area contributed by atoms with Crippen molar-refractivity contribution >= 4 is 28.2 Å². The maximum Gasteiger partial charge on any atom is 0.200 e. The number of hydrogen-bond acceptors (Lipinski definition) is 6. The number of hydrogen-bond donors (Lipinski definition) is 1. The lowest BCUT2D eigenvalue weighted by Crippen LogP contribution is -1.81. The zero-order valence-corrected chi connectivity index (χ0v) is 7.95. The Labute approximate surface area is 77.4 Å². The van der Waals surface area contributed by atoms with Crippen molar-refractivity contribution in [3.05, 3.63) is 11.8 Å². The molecule has 0 saturated heterocycles. The van der Waals surface area contributed by atoms with Crippen molar-refractivity contribution < 1.29 is 0 Å². The highest BCUT2D eigenvalue weighted by atomic mass is 32.1. The molecule has 2 aromatic heterocycles. The van der Waals surface area contributed by atoms with E-state index in [1.807, 2.05) is 13.0 Å². The molecule has 0 amide bonds. The van der Waals surface area contributed by atoms with Gasteiger partial charge in [0.1, 0.15) is 0 Å². The maximum absolute atomic E-state index is 5.45. The highest BCUT2D eigenvalue weighted by Gasteiger charge is 2.06. The topological polar surface area (TPSA) is 64.7 Å². The van der Waals surface area contributed by atoms with Crippen LogP contribution in [0.5, 0.6) is 0 Å². The van der Waals surface area contributed by atoms with Gasteiger partial charge >= 0.3 is 0 Å². The first-order chi connectivity index (χ1) is 5.75. The lowest BCUT2D eigenvalue weighted by molar-refractivity contribution is 1.33. The second-order valence-electron chi connectivity index (χ2n) is 2.29. The van der Waals surface area contributed by atoms with Crippen LogP contribution in [0, 0.1) is 6.92 Å². The van der Waals surface area contributed by atoms with Gasteiger partial charge in [-0.1, -0.05) is 0 Å². The van der Waals surface area contributed by atoms with E-state index in [0.29, 0.717) is 11.0 Å². The number of aromatic nitrogens is 3. The summed E-state index contributed by atoms with van der Waals surface area (Å²) < 4.78 is 8.20. The van der Waals surface area contributed by atoms with Crippen LogP contribution in [0.15, 0.2) is 6.07 Å². The Hall–Kier alpha value is -1.01. The minimum atomic E-state index is 0.496. The number of anilines is 1. The molecule has 0 atom stereocenters. The number of nitrogen functional groups attached to an aromatic ring is 1. The monoisotopic (exact) mass is 198 g/mol. The molecule has 0 aliphatic rings. The number of nitrogens with two attached hydrogens (primary N) is 1. The maximum atomic E-state index is 5.45. The molecular formula is C6H6N4S2. The molecule has 2 aromatic rings. The van der Waals surface area contributed by atoms with Gasteiger partial charge in [-0.2, -0.15) is 13.7 Å². The van der Waals surface area contributed by atoms with Crippen molar-refractivity contribution in [3.8, 4) is 10.7 Å². The van der Waals surface area contributed by atoms with Crippen LogP contribution in [-0.4, -0.2) is 13.7 Å². The third-order valence-electron chi connectivity index (χ3n) is 1.29. The zero-order chi connectivity index (χ0) is 8.55. The molecule has 0 radical (unpaired) electrons. The predicted octanol–water partition coefficient (Wildman–Crippen LogP) is 1.55. The van der Waals surface area contributed by atoms with Gasteiger partial charge in [0.2, 0.25) is 0 Å². The second kappa shape index (κ2) is 2.80. The van der Waals surface area contributed by atoms with Crippen molar-refractivity contribution in [2.45, 2.75) is 6.92 Å². The summed E-state index contributed by atoms with van der Waals surface area (Å²) in [5, 5.41) is 0.496. The minimum absolute atomic E-state index is 0.496. The van der Waals surface area contributed by atoms with E-state index in [4.69, 9.17) is 5.73 Å². The molecule has 0 unspecified atom stereocenters. The van der Waals surface area contributed by atoms with E-state index < -0.39 is 0 Å². The molecule has 0 spiro atoms. The Morgan fingerprint density at radius 3 is 2.67 bits per heavy atom. The molecular weight excluding hydrogens is 192 g/mol. The summed E-state index contributed by atoms with van der Waals surface area (Å²) in [5.74, 6) is 0.683. The lowest BCUT2D eigenvalue weighted by atomic mass is 10.4. The zero-order valence-electron chi connectivity index (χ0n) is 6.31. The summed E-state index contributed by atoms with van der Waals surface area (Å²) in [6, 6.07) is 1.95. The van der Waals surface area contributed by atoms with Crippen LogP contribution >= 0.6 is 23.1 Å². The molecule has 12 heavy (non-hydrogen) atoms. The third-order valence-corrected chi connectivity index (χ3v) is 2.71. The van der Waals surface area contributed by atoms with Crippen molar-refractivity contribution in [2.24, 2.45) is 0 Å². The SMILES string of the molecule is Cc1cc(-c2nsc(N)n2)sn1. The van der Waals surface area contributed by atoms with Crippen LogP contribution in [-0.2, 0) is 0 Å². The molecule has 0 aliphatic carbocycles. The Balaban J connectivity index is 2.43. The second-order valence-corrected chi connectivity index (χ2v) is 3.88. The minimum Gasteiger partial charge on any atom is -0.374 e. The molecule has 2 N–H and O–H groups in total. The molecule has 0 fully saturated rings. The molecule has 4 nitrogen and oxygen atoms in total. The molecule has 2 rings (SSSR count). The predicted molar refractivity (Wildman–Crippen MR) is 50.2 cm³/mol. The summed E-state index contributed by atoms with van der Waals surface area (Å²) in [6.07, 6.45) is 0. The van der Waals surface area contributed by atoms with Crippen LogP contribution in [0.4, 0.5) is 5.13 Å². The van der Waals surface area contributed by atoms with E-state index >= 15 is 0 Å². The Morgan fingerprint density at radius 2 is 2.17 bits per heavy atom. The van der Waals surface area contributed by atoms with E-state index in [9.17, 15) is 0 Å². The highest BCUT2D eigenvalue weighted by Crippen LogP contribution is 2.23. The normalized spacial score (nSPS) is 10.4. The molecule has 0 saturated carbocycles. The van der Waals surface area contributed by atoms with Crippen molar-refractivity contribution in [3.63, 3.8) is 0 Å². The van der Waals surface area contributed by atoms with Gasteiger partial charge in [-0.3, -0.25) is 0 Å². The number of aryl methyl sites for hydroxylation is 1. The summed E-state index contributed by atoms with van der Waals surface area (Å²) in [5.41, 5.74) is 6.44. The van der Waals surface area contributed by atoms with Crippen LogP contribution < -0.4 is 5.73 Å². The fourth-order valence-electron chi connectivity index (χ4n) is 0.804. The number of rotatable bonds is 1. The first-order valence-electron chi connectivity index (χ1n) is 3.28. The van der Waals surface area contributed by atoms with Crippen LogP contribution in [0.1, 0.15) is 5.69 Å². The van der Waals surface area contributed by atoms with Crippen LogP contribution in [0.3, 0.4) is 0 Å². The van der Waals surface area contributed by atoms with Gasteiger partial charge in [0.15, 0.2) is 11.0 Å². The fraction of sp³-hybridized carbons (Fsp3) is 0.167. The van der Waals surface area contributed by atoms with E-state index in [0.717, 1.165) is 10.6 Å². The summed E-state index contributed by atoms with van der Waals surface area (Å²) >= 11 is 2.60. The van der Waals surface area contributed by atoms with Gasteiger partial charge in [-0.15, -0.1) is 0 Å². The standard InChI is InChI=1S/C6H6N4S2/c1-3-2-4(11-9-3)5-8-6(7)12-10-5/h2H,1H3,(H2,7,8,10). The average Bonchev–Trinajstić information content (AvgIpc) is 2.58. The molecule has 2 heterocycles. The van der Waals surface area contributed by atoms with E-state index in [2.05, 4.69) is 13.7 Å². The number of nitrogens with zero attached hydrogens (tertiary/aromatic N) is 3. The quantitative estimate of drug-likeness (QED) is 0.755. The van der Waals surface area contributed by atoms with E-state index in [1.54, 1.807) is 0 Å². The molecule has 62 valence electrons. The third kappa shape index (κ3) is 1.30. The van der Waals surface area contributed by atoms with E-state index in [-0.39, 0.29) is 0 Å². The Bertz CT molecular complexity index is 353. The first kappa shape index (κ1) is 7.63. The highest BCUT2D eigenvalue weighted by molar-refractivity contribution is 7.11. The van der Waals surface area contributed by atoms with Gasteiger partial charge in [0, 0.05) is 11.5 Å². The van der Waals surface area contributed by atoms with Gasteiger partial charge in [0.05, 0.1) is 10.6 Å². The largest absolute Gasteiger partial charge is 0.374 e. The van der Waals surface area contributed by atoms with Crippen molar-refractivity contribution in [2.75, 3.05) is 5.73 Å². The molecule has 0 aliphatic heterocycles.